The Morgan fingerprint density at radius 1 is 1.61 bits per heavy atom. The lowest BCUT2D eigenvalue weighted by atomic mass is 10.2. The van der Waals surface area contributed by atoms with Crippen molar-refractivity contribution >= 4 is 11.8 Å². The number of halogens is 1. The standard InChI is InChI=1S/C12H19FN4O/c1-3-14-12-15-7-10(13)11(16-12)17(2)8-9-5-4-6-18-9/h7,9H,3-6,8H2,1-2H3,(H,14,15,16). The Morgan fingerprint density at radius 3 is 3.11 bits per heavy atom. The molecule has 0 bridgehead atoms. The largest absolute Gasteiger partial charge is 0.376 e. The van der Waals surface area contributed by atoms with E-state index >= 15 is 0 Å². The second-order valence-electron chi connectivity index (χ2n) is 4.41. The zero-order valence-electron chi connectivity index (χ0n) is 10.8. The molecule has 0 radical (unpaired) electrons. The number of ether oxygens (including phenoxy) is 1. The quantitative estimate of drug-likeness (QED) is 0.866. The molecular formula is C12H19FN4O. The minimum absolute atomic E-state index is 0.173. The van der Waals surface area contributed by atoms with E-state index in [4.69, 9.17) is 4.74 Å². The van der Waals surface area contributed by atoms with Crippen LogP contribution in [0.15, 0.2) is 6.20 Å². The normalized spacial score (nSPS) is 18.9. The fourth-order valence-corrected chi connectivity index (χ4v) is 2.05. The van der Waals surface area contributed by atoms with Gasteiger partial charge in [0.05, 0.1) is 12.3 Å². The molecule has 2 rings (SSSR count). The van der Waals surface area contributed by atoms with E-state index in [2.05, 4.69) is 15.3 Å². The Morgan fingerprint density at radius 2 is 2.44 bits per heavy atom. The van der Waals surface area contributed by atoms with Crippen molar-refractivity contribution in [2.45, 2.75) is 25.9 Å². The summed E-state index contributed by atoms with van der Waals surface area (Å²) in [7, 11) is 1.82. The molecular weight excluding hydrogens is 235 g/mol. The van der Waals surface area contributed by atoms with Gasteiger partial charge in [-0.15, -0.1) is 0 Å². The van der Waals surface area contributed by atoms with Gasteiger partial charge in [0.15, 0.2) is 11.6 Å². The maximum atomic E-state index is 13.7. The predicted molar refractivity (Wildman–Crippen MR) is 68.4 cm³/mol. The van der Waals surface area contributed by atoms with Crippen molar-refractivity contribution in [2.75, 3.05) is 37.0 Å². The zero-order chi connectivity index (χ0) is 13.0. The molecule has 0 spiro atoms. The first kappa shape index (κ1) is 13.0. The number of hydrogen-bond acceptors (Lipinski definition) is 5. The fourth-order valence-electron chi connectivity index (χ4n) is 2.05. The van der Waals surface area contributed by atoms with Gasteiger partial charge in [0.1, 0.15) is 0 Å². The molecule has 1 aromatic rings. The molecule has 1 atom stereocenters. The van der Waals surface area contributed by atoms with E-state index in [1.54, 1.807) is 4.90 Å². The molecule has 1 N–H and O–H groups in total. The Kier molecular flexibility index (Phi) is 4.30. The topological polar surface area (TPSA) is 50.3 Å². The molecule has 6 heteroatoms. The van der Waals surface area contributed by atoms with E-state index < -0.39 is 5.82 Å². The van der Waals surface area contributed by atoms with E-state index in [-0.39, 0.29) is 6.10 Å². The maximum absolute atomic E-state index is 13.7. The Balaban J connectivity index is 2.07. The van der Waals surface area contributed by atoms with Gasteiger partial charge in [-0.05, 0) is 19.8 Å². The number of likely N-dealkylation sites (N-methyl/N-ethyl adjacent to an activating group) is 1. The molecule has 18 heavy (non-hydrogen) atoms. The van der Waals surface area contributed by atoms with Crippen molar-refractivity contribution in [2.24, 2.45) is 0 Å². The summed E-state index contributed by atoms with van der Waals surface area (Å²) in [4.78, 5) is 9.85. The van der Waals surface area contributed by atoms with Gasteiger partial charge < -0.3 is 15.0 Å². The van der Waals surface area contributed by atoms with Crippen LogP contribution >= 0.6 is 0 Å². The van der Waals surface area contributed by atoms with Gasteiger partial charge in [-0.3, -0.25) is 0 Å². The van der Waals surface area contributed by atoms with Crippen molar-refractivity contribution in [3.05, 3.63) is 12.0 Å². The Bertz CT molecular complexity index is 396. The van der Waals surface area contributed by atoms with E-state index in [0.29, 0.717) is 24.9 Å². The average molecular weight is 254 g/mol. The number of nitrogens with one attached hydrogen (secondary N) is 1. The van der Waals surface area contributed by atoms with Crippen LogP contribution in [0.5, 0.6) is 0 Å². The van der Waals surface area contributed by atoms with Gasteiger partial charge >= 0.3 is 0 Å². The van der Waals surface area contributed by atoms with Crippen LogP contribution in [-0.4, -0.2) is 42.8 Å². The first-order chi connectivity index (χ1) is 8.70. The molecule has 0 aromatic carbocycles. The molecule has 0 aliphatic carbocycles. The summed E-state index contributed by atoms with van der Waals surface area (Å²) >= 11 is 0. The molecule has 5 nitrogen and oxygen atoms in total. The molecule has 1 unspecified atom stereocenters. The molecule has 1 aliphatic heterocycles. The van der Waals surface area contributed by atoms with Crippen molar-refractivity contribution in [3.8, 4) is 0 Å². The number of anilines is 2. The molecule has 1 saturated heterocycles. The van der Waals surface area contributed by atoms with Crippen LogP contribution in [0.4, 0.5) is 16.2 Å². The first-order valence-electron chi connectivity index (χ1n) is 6.30. The van der Waals surface area contributed by atoms with Crippen LogP contribution < -0.4 is 10.2 Å². The Hall–Kier alpha value is -1.43. The SMILES string of the molecule is CCNc1ncc(F)c(N(C)CC2CCCO2)n1. The van der Waals surface area contributed by atoms with Crippen LogP contribution in [0, 0.1) is 5.82 Å². The number of aromatic nitrogens is 2. The van der Waals surface area contributed by atoms with Gasteiger partial charge in [-0.1, -0.05) is 0 Å². The summed E-state index contributed by atoms with van der Waals surface area (Å²) in [5, 5.41) is 2.98. The number of hydrogen-bond donors (Lipinski definition) is 1. The molecule has 1 fully saturated rings. The fraction of sp³-hybridized carbons (Fsp3) is 0.667. The summed E-state index contributed by atoms with van der Waals surface area (Å²) in [6, 6.07) is 0. The maximum Gasteiger partial charge on any atom is 0.224 e. The molecule has 0 saturated carbocycles. The predicted octanol–water partition coefficient (Wildman–Crippen LogP) is 1.66. The highest BCUT2D eigenvalue weighted by atomic mass is 19.1. The first-order valence-corrected chi connectivity index (χ1v) is 6.30. The van der Waals surface area contributed by atoms with Crippen molar-refractivity contribution < 1.29 is 9.13 Å². The summed E-state index contributed by atoms with van der Waals surface area (Å²) in [5.74, 6) is 0.363. The second-order valence-corrected chi connectivity index (χ2v) is 4.41. The lowest BCUT2D eigenvalue weighted by Crippen LogP contribution is -2.30. The monoisotopic (exact) mass is 254 g/mol. The van der Waals surface area contributed by atoms with E-state index in [1.165, 1.54) is 6.20 Å². The minimum Gasteiger partial charge on any atom is -0.376 e. The zero-order valence-corrected chi connectivity index (χ0v) is 10.8. The molecule has 2 heterocycles. The average Bonchev–Trinajstić information content (AvgIpc) is 2.84. The lowest BCUT2D eigenvalue weighted by molar-refractivity contribution is 0.116. The minimum atomic E-state index is -0.405. The van der Waals surface area contributed by atoms with Crippen LogP contribution in [0.1, 0.15) is 19.8 Å². The third kappa shape index (κ3) is 3.07. The number of nitrogens with zero attached hydrogens (tertiary/aromatic N) is 3. The smallest absolute Gasteiger partial charge is 0.224 e. The van der Waals surface area contributed by atoms with Crippen LogP contribution in [0.2, 0.25) is 0 Å². The third-order valence-corrected chi connectivity index (χ3v) is 2.92. The van der Waals surface area contributed by atoms with Crippen molar-refractivity contribution in [1.82, 2.24) is 9.97 Å². The molecule has 0 amide bonds. The van der Waals surface area contributed by atoms with E-state index in [0.717, 1.165) is 19.4 Å². The van der Waals surface area contributed by atoms with Gasteiger partial charge in [0.25, 0.3) is 0 Å². The summed E-state index contributed by atoms with van der Waals surface area (Å²) in [6.45, 7) is 4.11. The lowest BCUT2D eigenvalue weighted by Gasteiger charge is -2.22. The summed E-state index contributed by atoms with van der Waals surface area (Å²) < 4.78 is 19.2. The molecule has 1 aliphatic rings. The van der Waals surface area contributed by atoms with Gasteiger partial charge in [0.2, 0.25) is 5.95 Å². The van der Waals surface area contributed by atoms with Gasteiger partial charge in [0, 0.05) is 26.7 Å². The highest BCUT2D eigenvalue weighted by molar-refractivity contribution is 5.43. The van der Waals surface area contributed by atoms with Gasteiger partial charge in [-0.25, -0.2) is 9.37 Å². The van der Waals surface area contributed by atoms with Crippen LogP contribution in [-0.2, 0) is 4.74 Å². The third-order valence-electron chi connectivity index (χ3n) is 2.92. The van der Waals surface area contributed by atoms with E-state index in [9.17, 15) is 4.39 Å². The van der Waals surface area contributed by atoms with Gasteiger partial charge in [-0.2, -0.15) is 4.98 Å². The van der Waals surface area contributed by atoms with Crippen LogP contribution in [0.3, 0.4) is 0 Å². The van der Waals surface area contributed by atoms with Crippen LogP contribution in [0.25, 0.3) is 0 Å². The second kappa shape index (κ2) is 5.95. The molecule has 100 valence electrons. The van der Waals surface area contributed by atoms with Crippen molar-refractivity contribution in [1.29, 1.82) is 0 Å². The Labute approximate surface area is 106 Å². The highest BCUT2D eigenvalue weighted by Gasteiger charge is 2.20. The van der Waals surface area contributed by atoms with E-state index in [1.807, 2.05) is 14.0 Å². The summed E-state index contributed by atoms with van der Waals surface area (Å²) in [5.41, 5.74) is 0. The molecule has 1 aromatic heterocycles. The highest BCUT2D eigenvalue weighted by Crippen LogP contribution is 2.19. The number of rotatable bonds is 5. The summed E-state index contributed by atoms with van der Waals surface area (Å²) in [6.07, 6.45) is 3.48. The van der Waals surface area contributed by atoms with Crippen molar-refractivity contribution in [3.63, 3.8) is 0 Å².